The van der Waals surface area contributed by atoms with Gasteiger partial charge in [-0.25, -0.2) is 4.79 Å². The average molecular weight is 254 g/mol. The van der Waals surface area contributed by atoms with Crippen LogP contribution in [0.15, 0.2) is 12.3 Å². The van der Waals surface area contributed by atoms with E-state index in [4.69, 9.17) is 5.11 Å². The Hall–Kier alpha value is -1.33. The van der Waals surface area contributed by atoms with Crippen LogP contribution in [0.25, 0.3) is 0 Å². The van der Waals surface area contributed by atoms with E-state index in [9.17, 15) is 4.79 Å². The van der Waals surface area contributed by atoms with Crippen LogP contribution in [-0.4, -0.2) is 35.3 Å². The van der Waals surface area contributed by atoms with Crippen molar-refractivity contribution in [3.8, 4) is 0 Å². The standard InChI is InChI=1S/C13H22N2O3/c1-4-13(2,5-6-16)15-9-10-7-11(14-8-10)12(17)18-3/h7-8,14-16H,4-6,9H2,1-3H3. The maximum Gasteiger partial charge on any atom is 0.354 e. The van der Waals surface area contributed by atoms with Crippen LogP contribution in [0.5, 0.6) is 0 Å². The normalized spacial score (nSPS) is 14.2. The van der Waals surface area contributed by atoms with Crippen molar-refractivity contribution >= 4 is 5.97 Å². The summed E-state index contributed by atoms with van der Waals surface area (Å²) in [5.41, 5.74) is 1.36. The number of ether oxygens (including phenoxy) is 1. The summed E-state index contributed by atoms with van der Waals surface area (Å²) in [6.45, 7) is 4.98. The molecule has 1 heterocycles. The number of aromatic nitrogens is 1. The Labute approximate surface area is 108 Å². The Morgan fingerprint density at radius 1 is 1.61 bits per heavy atom. The summed E-state index contributed by atoms with van der Waals surface area (Å²) in [6, 6.07) is 1.77. The first-order chi connectivity index (χ1) is 8.54. The number of carbonyl (C=O) groups excluding carboxylic acids is 1. The topological polar surface area (TPSA) is 74.4 Å². The van der Waals surface area contributed by atoms with Crippen molar-refractivity contribution in [1.29, 1.82) is 0 Å². The Morgan fingerprint density at radius 2 is 2.33 bits per heavy atom. The molecule has 0 aliphatic heterocycles. The molecule has 0 saturated carbocycles. The second kappa shape index (κ2) is 6.56. The summed E-state index contributed by atoms with van der Waals surface area (Å²) in [7, 11) is 1.36. The molecule has 0 saturated heterocycles. The number of nitrogens with one attached hydrogen (secondary N) is 2. The lowest BCUT2D eigenvalue weighted by molar-refractivity contribution is 0.0595. The van der Waals surface area contributed by atoms with Gasteiger partial charge in [-0.3, -0.25) is 0 Å². The minimum atomic E-state index is -0.366. The molecule has 0 aliphatic carbocycles. The number of aliphatic hydroxyl groups excluding tert-OH is 1. The number of hydrogen-bond donors (Lipinski definition) is 3. The molecular formula is C13H22N2O3. The zero-order valence-electron chi connectivity index (χ0n) is 11.2. The molecule has 18 heavy (non-hydrogen) atoms. The maximum absolute atomic E-state index is 11.3. The third-order valence-corrected chi connectivity index (χ3v) is 3.31. The molecule has 1 aromatic rings. The molecular weight excluding hydrogens is 232 g/mol. The first kappa shape index (κ1) is 14.7. The number of methoxy groups -OCH3 is 1. The minimum Gasteiger partial charge on any atom is -0.464 e. The number of rotatable bonds is 7. The molecule has 0 aromatic carbocycles. The molecule has 1 rings (SSSR count). The van der Waals surface area contributed by atoms with E-state index in [0.717, 1.165) is 12.0 Å². The van der Waals surface area contributed by atoms with Gasteiger partial charge >= 0.3 is 5.97 Å². The van der Waals surface area contributed by atoms with Gasteiger partial charge in [0, 0.05) is 24.9 Å². The number of esters is 1. The summed E-state index contributed by atoms with van der Waals surface area (Å²) in [4.78, 5) is 14.2. The van der Waals surface area contributed by atoms with Crippen LogP contribution < -0.4 is 5.32 Å². The van der Waals surface area contributed by atoms with Gasteiger partial charge in [0.05, 0.1) is 7.11 Å². The highest BCUT2D eigenvalue weighted by Gasteiger charge is 2.20. The van der Waals surface area contributed by atoms with Crippen molar-refractivity contribution in [3.63, 3.8) is 0 Å². The van der Waals surface area contributed by atoms with Gasteiger partial charge in [-0.05, 0) is 31.4 Å². The Bertz CT molecular complexity index is 389. The molecule has 3 N–H and O–H groups in total. The van der Waals surface area contributed by atoms with Crippen molar-refractivity contribution in [1.82, 2.24) is 10.3 Å². The highest BCUT2D eigenvalue weighted by molar-refractivity contribution is 5.87. The second-order valence-electron chi connectivity index (χ2n) is 4.65. The van der Waals surface area contributed by atoms with Gasteiger partial charge in [0.1, 0.15) is 5.69 Å². The Kier molecular flexibility index (Phi) is 5.37. The van der Waals surface area contributed by atoms with Gasteiger partial charge in [0.2, 0.25) is 0 Å². The van der Waals surface area contributed by atoms with E-state index in [1.165, 1.54) is 7.11 Å². The third kappa shape index (κ3) is 3.85. The predicted octanol–water partition coefficient (Wildman–Crippen LogP) is 1.44. The SMILES string of the molecule is CCC(C)(CCO)NCc1c[nH]c(C(=O)OC)c1. The summed E-state index contributed by atoms with van der Waals surface area (Å²) in [5.74, 6) is -0.366. The number of aliphatic hydroxyl groups is 1. The van der Waals surface area contributed by atoms with Gasteiger partial charge in [-0.1, -0.05) is 6.92 Å². The van der Waals surface area contributed by atoms with Crippen LogP contribution in [0.1, 0.15) is 42.7 Å². The van der Waals surface area contributed by atoms with E-state index in [-0.39, 0.29) is 18.1 Å². The molecule has 0 amide bonds. The Balaban J connectivity index is 2.57. The van der Waals surface area contributed by atoms with Crippen molar-refractivity contribution in [2.24, 2.45) is 0 Å². The lowest BCUT2D eigenvalue weighted by Gasteiger charge is -2.29. The highest BCUT2D eigenvalue weighted by Crippen LogP contribution is 2.15. The lowest BCUT2D eigenvalue weighted by atomic mass is 9.95. The van der Waals surface area contributed by atoms with Gasteiger partial charge in [-0.15, -0.1) is 0 Å². The molecule has 102 valence electrons. The van der Waals surface area contributed by atoms with Gasteiger partial charge in [0.15, 0.2) is 0 Å². The van der Waals surface area contributed by atoms with Crippen molar-refractivity contribution in [2.75, 3.05) is 13.7 Å². The fourth-order valence-electron chi connectivity index (χ4n) is 1.72. The van der Waals surface area contributed by atoms with E-state index >= 15 is 0 Å². The summed E-state index contributed by atoms with van der Waals surface area (Å²) < 4.78 is 4.63. The van der Waals surface area contributed by atoms with Gasteiger partial charge in [-0.2, -0.15) is 0 Å². The van der Waals surface area contributed by atoms with Crippen LogP contribution in [-0.2, 0) is 11.3 Å². The van der Waals surface area contributed by atoms with Crippen LogP contribution >= 0.6 is 0 Å². The predicted molar refractivity (Wildman–Crippen MR) is 69.4 cm³/mol. The van der Waals surface area contributed by atoms with Crippen LogP contribution in [0.4, 0.5) is 0 Å². The lowest BCUT2D eigenvalue weighted by Crippen LogP contribution is -2.41. The zero-order valence-corrected chi connectivity index (χ0v) is 11.2. The summed E-state index contributed by atoms with van der Waals surface area (Å²) in [5, 5.41) is 12.4. The first-order valence-electron chi connectivity index (χ1n) is 6.16. The molecule has 0 spiro atoms. The van der Waals surface area contributed by atoms with Gasteiger partial charge in [0.25, 0.3) is 0 Å². The molecule has 0 bridgehead atoms. The zero-order chi connectivity index (χ0) is 13.6. The largest absolute Gasteiger partial charge is 0.464 e. The molecule has 5 nitrogen and oxygen atoms in total. The summed E-state index contributed by atoms with van der Waals surface area (Å²) >= 11 is 0. The molecule has 1 unspecified atom stereocenters. The average Bonchev–Trinajstić information content (AvgIpc) is 2.85. The first-order valence-corrected chi connectivity index (χ1v) is 6.16. The van der Waals surface area contributed by atoms with E-state index in [0.29, 0.717) is 18.7 Å². The van der Waals surface area contributed by atoms with Crippen LogP contribution in [0.2, 0.25) is 0 Å². The Morgan fingerprint density at radius 3 is 2.89 bits per heavy atom. The molecule has 0 radical (unpaired) electrons. The van der Waals surface area contributed by atoms with E-state index in [2.05, 4.69) is 28.9 Å². The third-order valence-electron chi connectivity index (χ3n) is 3.31. The van der Waals surface area contributed by atoms with Crippen LogP contribution in [0.3, 0.4) is 0 Å². The highest BCUT2D eigenvalue weighted by atomic mass is 16.5. The monoisotopic (exact) mass is 254 g/mol. The number of carbonyl (C=O) groups is 1. The van der Waals surface area contributed by atoms with Crippen molar-refractivity contribution < 1.29 is 14.6 Å². The number of hydrogen-bond acceptors (Lipinski definition) is 4. The smallest absolute Gasteiger partial charge is 0.354 e. The molecule has 5 heteroatoms. The number of aromatic amines is 1. The van der Waals surface area contributed by atoms with E-state index in [1.54, 1.807) is 12.3 Å². The van der Waals surface area contributed by atoms with Gasteiger partial charge < -0.3 is 20.1 Å². The van der Waals surface area contributed by atoms with E-state index < -0.39 is 0 Å². The quantitative estimate of drug-likeness (QED) is 0.644. The molecule has 0 fully saturated rings. The minimum absolute atomic E-state index is 0.0859. The fraction of sp³-hybridized carbons (Fsp3) is 0.615. The van der Waals surface area contributed by atoms with Crippen molar-refractivity contribution in [3.05, 3.63) is 23.5 Å². The van der Waals surface area contributed by atoms with E-state index in [1.807, 2.05) is 0 Å². The molecule has 1 atom stereocenters. The number of H-pyrrole nitrogens is 1. The summed E-state index contributed by atoms with van der Waals surface area (Å²) in [6.07, 6.45) is 3.42. The molecule has 0 aliphatic rings. The maximum atomic E-state index is 11.3. The molecule has 1 aromatic heterocycles. The second-order valence-corrected chi connectivity index (χ2v) is 4.65. The van der Waals surface area contributed by atoms with Crippen LogP contribution in [0, 0.1) is 0 Å². The fourth-order valence-corrected chi connectivity index (χ4v) is 1.72. The van der Waals surface area contributed by atoms with Crippen molar-refractivity contribution in [2.45, 2.75) is 38.8 Å².